The van der Waals surface area contributed by atoms with Crippen molar-refractivity contribution in [3.63, 3.8) is 0 Å². The number of carbonyl (C=O) groups excluding carboxylic acids is 1. The second-order valence-electron chi connectivity index (χ2n) is 5.66. The summed E-state index contributed by atoms with van der Waals surface area (Å²) in [6, 6.07) is 6.22. The number of nitrogens with zero attached hydrogens (tertiary/aromatic N) is 1. The Labute approximate surface area is 117 Å². The molecule has 5 heteroatoms. The molecule has 0 aliphatic carbocycles. The summed E-state index contributed by atoms with van der Waals surface area (Å²) in [5.74, 6) is 2.06. The Bertz CT molecular complexity index is 542. The van der Waals surface area contributed by atoms with Crippen LogP contribution >= 0.6 is 0 Å². The van der Waals surface area contributed by atoms with Crippen molar-refractivity contribution in [1.29, 1.82) is 0 Å². The van der Waals surface area contributed by atoms with E-state index in [0.717, 1.165) is 49.5 Å². The number of carbonyl (C=O) groups is 1. The second kappa shape index (κ2) is 4.66. The molecule has 1 atom stereocenters. The Balaban J connectivity index is 1.58. The lowest BCUT2D eigenvalue weighted by Gasteiger charge is -2.33. The van der Waals surface area contributed by atoms with Gasteiger partial charge >= 0.3 is 0 Å². The Morgan fingerprint density at radius 3 is 2.90 bits per heavy atom. The molecule has 5 nitrogen and oxygen atoms in total. The van der Waals surface area contributed by atoms with Crippen LogP contribution in [-0.2, 0) is 4.79 Å². The number of rotatable bonds is 2. The maximum atomic E-state index is 12.5. The van der Waals surface area contributed by atoms with Gasteiger partial charge in [-0.15, -0.1) is 0 Å². The van der Waals surface area contributed by atoms with Gasteiger partial charge in [-0.25, -0.2) is 0 Å². The Morgan fingerprint density at radius 1 is 1.25 bits per heavy atom. The topological polar surface area (TPSA) is 50.8 Å². The monoisotopic (exact) mass is 274 g/mol. The second-order valence-corrected chi connectivity index (χ2v) is 5.66. The van der Waals surface area contributed by atoms with E-state index in [1.807, 2.05) is 17.0 Å². The highest BCUT2D eigenvalue weighted by atomic mass is 16.7. The summed E-state index contributed by atoms with van der Waals surface area (Å²) in [5, 5.41) is 3.17. The third-order valence-electron chi connectivity index (χ3n) is 4.45. The minimum Gasteiger partial charge on any atom is -0.454 e. The number of hydrogen-bond donors (Lipinski definition) is 1. The molecule has 1 unspecified atom stereocenters. The van der Waals surface area contributed by atoms with Crippen molar-refractivity contribution in [2.24, 2.45) is 5.92 Å². The lowest BCUT2D eigenvalue weighted by molar-refractivity contribution is -0.138. The summed E-state index contributed by atoms with van der Waals surface area (Å²) < 4.78 is 10.8. The van der Waals surface area contributed by atoms with E-state index >= 15 is 0 Å². The summed E-state index contributed by atoms with van der Waals surface area (Å²) in [6.45, 7) is 2.81. The van der Waals surface area contributed by atoms with Gasteiger partial charge in [0.05, 0.1) is 12.0 Å². The van der Waals surface area contributed by atoms with Crippen LogP contribution < -0.4 is 14.8 Å². The van der Waals surface area contributed by atoms with Gasteiger partial charge < -0.3 is 19.7 Å². The predicted octanol–water partition coefficient (Wildman–Crippen LogP) is 1.30. The van der Waals surface area contributed by atoms with Crippen molar-refractivity contribution < 1.29 is 14.3 Å². The van der Waals surface area contributed by atoms with Crippen molar-refractivity contribution in [1.82, 2.24) is 10.2 Å². The summed E-state index contributed by atoms with van der Waals surface area (Å²) >= 11 is 0. The van der Waals surface area contributed by atoms with Gasteiger partial charge in [-0.1, -0.05) is 6.07 Å². The number of ether oxygens (including phenoxy) is 2. The molecule has 1 aromatic rings. The van der Waals surface area contributed by atoms with E-state index in [1.165, 1.54) is 0 Å². The maximum Gasteiger partial charge on any atom is 0.231 e. The average Bonchev–Trinajstić information content (AvgIpc) is 3.04. The first-order valence-corrected chi connectivity index (χ1v) is 7.23. The van der Waals surface area contributed by atoms with E-state index in [1.54, 1.807) is 0 Å². The largest absolute Gasteiger partial charge is 0.454 e. The Morgan fingerprint density at radius 2 is 2.10 bits per heavy atom. The first-order chi connectivity index (χ1) is 9.83. The first-order valence-electron chi connectivity index (χ1n) is 7.23. The van der Waals surface area contributed by atoms with Crippen LogP contribution in [0.3, 0.4) is 0 Å². The molecule has 0 aromatic heterocycles. The molecule has 20 heavy (non-hydrogen) atoms. The number of nitrogens with one attached hydrogen (secondary N) is 1. The molecule has 0 spiro atoms. The molecule has 1 aromatic carbocycles. The van der Waals surface area contributed by atoms with Gasteiger partial charge in [0, 0.05) is 19.6 Å². The normalized spacial score (nSPS) is 24.8. The fourth-order valence-corrected chi connectivity index (χ4v) is 3.20. The van der Waals surface area contributed by atoms with E-state index in [-0.39, 0.29) is 12.0 Å². The number of fused-ring (bicyclic) bond motifs is 1. The zero-order chi connectivity index (χ0) is 13.5. The van der Waals surface area contributed by atoms with Crippen molar-refractivity contribution in [3.8, 4) is 11.5 Å². The number of amides is 1. The molecule has 2 saturated heterocycles. The van der Waals surface area contributed by atoms with Gasteiger partial charge in [0.2, 0.25) is 12.7 Å². The van der Waals surface area contributed by atoms with Crippen LogP contribution in [0, 0.1) is 5.92 Å². The molecule has 4 rings (SSSR count). The highest BCUT2D eigenvalue weighted by Gasteiger charge is 2.36. The van der Waals surface area contributed by atoms with Crippen LogP contribution in [0.15, 0.2) is 18.2 Å². The molecular weight excluding hydrogens is 256 g/mol. The Hall–Kier alpha value is -1.75. The lowest BCUT2D eigenvalue weighted by Crippen LogP contribution is -2.51. The van der Waals surface area contributed by atoms with Crippen LogP contribution in [-0.4, -0.2) is 37.2 Å². The van der Waals surface area contributed by atoms with Crippen LogP contribution in [0.4, 0.5) is 0 Å². The molecule has 0 radical (unpaired) electrons. The quantitative estimate of drug-likeness (QED) is 0.883. The highest BCUT2D eigenvalue weighted by Crippen LogP contribution is 2.39. The molecule has 2 fully saturated rings. The van der Waals surface area contributed by atoms with E-state index in [9.17, 15) is 4.79 Å². The van der Waals surface area contributed by atoms with Gasteiger partial charge in [-0.3, -0.25) is 4.79 Å². The molecule has 0 saturated carbocycles. The first kappa shape index (κ1) is 12.0. The van der Waals surface area contributed by atoms with E-state index < -0.39 is 0 Å². The predicted molar refractivity (Wildman–Crippen MR) is 72.6 cm³/mol. The minimum atomic E-state index is 0.171. The van der Waals surface area contributed by atoms with Gasteiger partial charge in [0.1, 0.15) is 0 Å². The SMILES string of the molecule is O=C(C1CNC1)N1CCCC1c1ccc2c(c1)OCO2. The van der Waals surface area contributed by atoms with Crippen molar-refractivity contribution in [2.45, 2.75) is 18.9 Å². The summed E-state index contributed by atoms with van der Waals surface area (Å²) in [6.07, 6.45) is 2.11. The van der Waals surface area contributed by atoms with Crippen LogP contribution in [0.25, 0.3) is 0 Å². The van der Waals surface area contributed by atoms with E-state index in [0.29, 0.717) is 12.7 Å². The highest BCUT2D eigenvalue weighted by molar-refractivity contribution is 5.81. The fraction of sp³-hybridized carbons (Fsp3) is 0.533. The van der Waals surface area contributed by atoms with Gasteiger partial charge in [0.15, 0.2) is 11.5 Å². The number of likely N-dealkylation sites (tertiary alicyclic amines) is 1. The minimum absolute atomic E-state index is 0.171. The zero-order valence-electron chi connectivity index (χ0n) is 11.3. The molecule has 1 N–H and O–H groups in total. The molecule has 106 valence electrons. The smallest absolute Gasteiger partial charge is 0.231 e. The third kappa shape index (κ3) is 1.85. The van der Waals surface area contributed by atoms with Crippen molar-refractivity contribution >= 4 is 5.91 Å². The summed E-state index contributed by atoms with van der Waals surface area (Å²) in [4.78, 5) is 14.5. The average molecular weight is 274 g/mol. The van der Waals surface area contributed by atoms with Crippen molar-refractivity contribution in [2.75, 3.05) is 26.4 Å². The maximum absolute atomic E-state index is 12.5. The summed E-state index contributed by atoms with van der Waals surface area (Å²) in [5.41, 5.74) is 1.16. The molecule has 3 aliphatic rings. The van der Waals surface area contributed by atoms with Gasteiger partial charge in [-0.05, 0) is 30.5 Å². The standard InChI is InChI=1S/C15H18N2O3/c18-15(11-7-16-8-11)17-5-1-2-12(17)10-3-4-13-14(6-10)20-9-19-13/h3-4,6,11-12,16H,1-2,5,7-9H2. The van der Waals surface area contributed by atoms with E-state index in [2.05, 4.69) is 11.4 Å². The van der Waals surface area contributed by atoms with E-state index in [4.69, 9.17) is 9.47 Å². The molecule has 0 bridgehead atoms. The number of benzene rings is 1. The fourth-order valence-electron chi connectivity index (χ4n) is 3.20. The Kier molecular flexibility index (Phi) is 2.80. The lowest BCUT2D eigenvalue weighted by atomic mass is 9.99. The van der Waals surface area contributed by atoms with Crippen molar-refractivity contribution in [3.05, 3.63) is 23.8 Å². The molecule has 3 aliphatic heterocycles. The van der Waals surface area contributed by atoms with Gasteiger partial charge in [-0.2, -0.15) is 0 Å². The summed E-state index contributed by atoms with van der Waals surface area (Å²) in [7, 11) is 0. The third-order valence-corrected chi connectivity index (χ3v) is 4.45. The molecular formula is C15H18N2O3. The zero-order valence-corrected chi connectivity index (χ0v) is 11.3. The van der Waals surface area contributed by atoms with Gasteiger partial charge in [0.25, 0.3) is 0 Å². The number of hydrogen-bond acceptors (Lipinski definition) is 4. The van der Waals surface area contributed by atoms with Crippen LogP contribution in [0.2, 0.25) is 0 Å². The van der Waals surface area contributed by atoms with Crippen LogP contribution in [0.1, 0.15) is 24.4 Å². The van der Waals surface area contributed by atoms with Crippen LogP contribution in [0.5, 0.6) is 11.5 Å². The molecule has 1 amide bonds. The molecule has 3 heterocycles.